The summed E-state index contributed by atoms with van der Waals surface area (Å²) in [4.78, 5) is 0. The van der Waals surface area contributed by atoms with Crippen molar-refractivity contribution >= 4 is 23.2 Å². The number of benzene rings is 2. The molecule has 1 heterocycles. The molecule has 0 atom stereocenters. The Morgan fingerprint density at radius 2 is 1.23 bits per heavy atom. The quantitative estimate of drug-likeness (QED) is 0.375. The lowest BCUT2D eigenvalue weighted by atomic mass is 10.2. The molecule has 0 aliphatic heterocycles. The van der Waals surface area contributed by atoms with Gasteiger partial charge in [0.15, 0.2) is 5.82 Å². The van der Waals surface area contributed by atoms with Gasteiger partial charge in [0, 0.05) is 17.6 Å². The Balaban J connectivity index is -0.000000400. The second kappa shape index (κ2) is 22.8. The van der Waals surface area contributed by atoms with Gasteiger partial charge in [0.25, 0.3) is 0 Å². The van der Waals surface area contributed by atoms with Crippen LogP contribution >= 0.6 is 23.2 Å². The molecule has 176 valence electrons. The zero-order chi connectivity index (χ0) is 24.8. The molecular weight excluding hydrogens is 425 g/mol. The second-order valence-corrected chi connectivity index (χ2v) is 5.93. The molecule has 0 aliphatic carbocycles. The van der Waals surface area contributed by atoms with E-state index in [1.807, 2.05) is 122 Å². The van der Waals surface area contributed by atoms with Crippen molar-refractivity contribution in [2.75, 3.05) is 0 Å². The average molecular weight is 469 g/mol. The summed E-state index contributed by atoms with van der Waals surface area (Å²) in [6, 6.07) is 15.5. The van der Waals surface area contributed by atoms with Crippen LogP contribution in [-0.4, -0.2) is 14.8 Å². The lowest BCUT2D eigenvalue weighted by Gasteiger charge is -2.02. The van der Waals surface area contributed by atoms with E-state index in [2.05, 4.69) is 17.1 Å². The minimum atomic E-state index is 0.697. The van der Waals surface area contributed by atoms with E-state index < -0.39 is 0 Å². The van der Waals surface area contributed by atoms with Crippen LogP contribution in [0, 0.1) is 6.92 Å². The molecule has 2 aromatic carbocycles. The molecule has 0 saturated carbocycles. The summed E-state index contributed by atoms with van der Waals surface area (Å²) < 4.78 is 1.92. The first-order valence-corrected chi connectivity index (χ1v) is 12.1. The summed E-state index contributed by atoms with van der Waals surface area (Å²) in [7, 11) is 1.92. The molecule has 0 aliphatic rings. The molecule has 0 N–H and O–H groups in total. The molecule has 3 nitrogen and oxygen atoms in total. The lowest BCUT2D eigenvalue weighted by molar-refractivity contribution is 0.865. The molecule has 0 bridgehead atoms. The van der Waals surface area contributed by atoms with Gasteiger partial charge in [0.2, 0.25) is 0 Å². The molecule has 0 radical (unpaired) electrons. The van der Waals surface area contributed by atoms with Crippen LogP contribution in [0.3, 0.4) is 0 Å². The first kappa shape index (κ1) is 33.8. The molecule has 0 fully saturated rings. The highest BCUT2D eigenvalue weighted by Crippen LogP contribution is 2.25. The van der Waals surface area contributed by atoms with Crippen LogP contribution in [0.1, 0.15) is 73.7 Å². The first-order chi connectivity index (χ1) is 15.0. The van der Waals surface area contributed by atoms with Gasteiger partial charge in [0.05, 0.1) is 5.02 Å². The predicted octanol–water partition coefficient (Wildman–Crippen LogP) is 9.45. The highest BCUT2D eigenvalue weighted by Gasteiger charge is 2.09. The molecular formula is C26H43Cl2N3. The van der Waals surface area contributed by atoms with Crippen LogP contribution in [0.15, 0.2) is 48.5 Å². The van der Waals surface area contributed by atoms with Crippen LogP contribution in [0.2, 0.25) is 10.0 Å². The van der Waals surface area contributed by atoms with Crippen LogP contribution in [-0.2, 0) is 13.5 Å². The van der Waals surface area contributed by atoms with Gasteiger partial charge in [0.1, 0.15) is 5.82 Å². The van der Waals surface area contributed by atoms with E-state index in [4.69, 9.17) is 23.2 Å². The Kier molecular flexibility index (Phi) is 24.9. The molecule has 0 saturated heterocycles. The van der Waals surface area contributed by atoms with Gasteiger partial charge in [-0.2, -0.15) is 0 Å². The Morgan fingerprint density at radius 1 is 0.742 bits per heavy atom. The standard InChI is InChI=1S/C10H10ClN3.C8H9Cl.4C2H6/c1-7-12-13-10(14(7)2)8-5-3-4-6-9(8)11;1-2-7-3-5-8(9)6-4-7;4*1-2/h3-6H,1-2H3;3-6H,2H2,1H3;4*1-2H3. The fourth-order valence-electron chi connectivity index (χ4n) is 2.00. The van der Waals surface area contributed by atoms with Crippen molar-refractivity contribution in [1.29, 1.82) is 0 Å². The van der Waals surface area contributed by atoms with Gasteiger partial charge in [-0.05, 0) is 43.2 Å². The van der Waals surface area contributed by atoms with E-state index in [1.165, 1.54) is 5.56 Å². The summed E-state index contributed by atoms with van der Waals surface area (Å²) in [5, 5.41) is 9.57. The number of nitrogens with zero attached hydrogens (tertiary/aromatic N) is 3. The maximum absolute atomic E-state index is 6.06. The van der Waals surface area contributed by atoms with E-state index in [-0.39, 0.29) is 0 Å². The SMILES string of the molecule is CC.CC.CC.CC.CCc1ccc(Cl)cc1.Cc1nnc(-c2ccccc2Cl)n1C. The first-order valence-electron chi connectivity index (χ1n) is 11.4. The average Bonchev–Trinajstić information content (AvgIpc) is 3.18. The molecule has 3 rings (SSSR count). The summed E-state index contributed by atoms with van der Waals surface area (Å²) in [6.07, 6.45) is 1.08. The van der Waals surface area contributed by atoms with Crippen molar-refractivity contribution in [3.8, 4) is 11.4 Å². The Hall–Kier alpha value is -1.84. The van der Waals surface area contributed by atoms with Crippen LogP contribution in [0.25, 0.3) is 11.4 Å². The van der Waals surface area contributed by atoms with E-state index >= 15 is 0 Å². The highest BCUT2D eigenvalue weighted by atomic mass is 35.5. The van der Waals surface area contributed by atoms with E-state index in [9.17, 15) is 0 Å². The molecule has 0 amide bonds. The smallest absolute Gasteiger partial charge is 0.165 e. The number of rotatable bonds is 2. The van der Waals surface area contributed by atoms with Crippen LogP contribution in [0.5, 0.6) is 0 Å². The Labute approximate surface area is 201 Å². The molecule has 3 aromatic rings. The minimum absolute atomic E-state index is 0.697. The third kappa shape index (κ3) is 13.2. The fourth-order valence-corrected chi connectivity index (χ4v) is 2.35. The van der Waals surface area contributed by atoms with Crippen molar-refractivity contribution in [3.05, 3.63) is 70.0 Å². The van der Waals surface area contributed by atoms with Gasteiger partial charge < -0.3 is 4.57 Å². The molecule has 31 heavy (non-hydrogen) atoms. The summed E-state index contributed by atoms with van der Waals surface area (Å²) in [5.74, 6) is 1.67. The van der Waals surface area contributed by atoms with Gasteiger partial charge in [-0.3, -0.25) is 0 Å². The van der Waals surface area contributed by atoms with Crippen molar-refractivity contribution in [1.82, 2.24) is 14.8 Å². The summed E-state index contributed by atoms with van der Waals surface area (Å²) in [5.41, 5.74) is 2.25. The molecule has 0 unspecified atom stereocenters. The third-order valence-electron chi connectivity index (χ3n) is 3.53. The molecule has 0 spiro atoms. The predicted molar refractivity (Wildman–Crippen MR) is 142 cm³/mol. The molecule has 5 heteroatoms. The second-order valence-electron chi connectivity index (χ2n) is 5.09. The van der Waals surface area contributed by atoms with Gasteiger partial charge in [-0.15, -0.1) is 10.2 Å². The van der Waals surface area contributed by atoms with Crippen molar-refractivity contribution < 1.29 is 0 Å². The Bertz CT molecular complexity index is 767. The van der Waals surface area contributed by atoms with Gasteiger partial charge >= 0.3 is 0 Å². The van der Waals surface area contributed by atoms with E-state index in [1.54, 1.807) is 0 Å². The number of hydrogen-bond acceptors (Lipinski definition) is 2. The number of aryl methyl sites for hydroxylation is 2. The van der Waals surface area contributed by atoms with Crippen molar-refractivity contribution in [2.45, 2.75) is 75.7 Å². The van der Waals surface area contributed by atoms with Crippen LogP contribution in [0.4, 0.5) is 0 Å². The molecule has 1 aromatic heterocycles. The largest absolute Gasteiger partial charge is 0.314 e. The lowest BCUT2D eigenvalue weighted by Crippen LogP contribution is -1.95. The summed E-state index contributed by atoms with van der Waals surface area (Å²) >= 11 is 11.7. The van der Waals surface area contributed by atoms with Crippen molar-refractivity contribution in [3.63, 3.8) is 0 Å². The Morgan fingerprint density at radius 3 is 1.61 bits per heavy atom. The number of aromatic nitrogens is 3. The number of hydrogen-bond donors (Lipinski definition) is 0. The minimum Gasteiger partial charge on any atom is -0.314 e. The van der Waals surface area contributed by atoms with Crippen molar-refractivity contribution in [2.24, 2.45) is 7.05 Å². The maximum atomic E-state index is 6.06. The van der Waals surface area contributed by atoms with E-state index in [0.717, 1.165) is 28.7 Å². The van der Waals surface area contributed by atoms with E-state index in [0.29, 0.717) is 5.02 Å². The monoisotopic (exact) mass is 467 g/mol. The van der Waals surface area contributed by atoms with Crippen LogP contribution < -0.4 is 0 Å². The van der Waals surface area contributed by atoms with Gasteiger partial charge in [-0.1, -0.05) is 110 Å². The normalized spacial score (nSPS) is 8.29. The zero-order valence-corrected chi connectivity index (χ0v) is 22.9. The topological polar surface area (TPSA) is 30.7 Å². The zero-order valence-electron chi connectivity index (χ0n) is 21.4. The summed E-state index contributed by atoms with van der Waals surface area (Å²) in [6.45, 7) is 20.0. The van der Waals surface area contributed by atoms with Gasteiger partial charge in [-0.25, -0.2) is 0 Å². The third-order valence-corrected chi connectivity index (χ3v) is 4.11. The highest BCUT2D eigenvalue weighted by molar-refractivity contribution is 6.33. The maximum Gasteiger partial charge on any atom is 0.165 e. The fraction of sp³-hybridized carbons (Fsp3) is 0.462. The number of halogens is 2.